The van der Waals surface area contributed by atoms with Crippen molar-refractivity contribution in [2.24, 2.45) is 5.92 Å². The van der Waals surface area contributed by atoms with E-state index in [-0.39, 0.29) is 0 Å². The van der Waals surface area contributed by atoms with E-state index < -0.39 is 0 Å². The fraction of sp³-hybridized carbons (Fsp3) is 0.440. The van der Waals surface area contributed by atoms with Crippen LogP contribution < -0.4 is 0 Å². The lowest BCUT2D eigenvalue weighted by Crippen LogP contribution is -2.12. The summed E-state index contributed by atoms with van der Waals surface area (Å²) in [5, 5.41) is 0. The third kappa shape index (κ3) is 5.08. The summed E-state index contributed by atoms with van der Waals surface area (Å²) in [7, 11) is 0. The zero-order valence-corrected chi connectivity index (χ0v) is 15.9. The first-order valence-corrected chi connectivity index (χ1v) is 10.2. The van der Waals surface area contributed by atoms with E-state index in [1.807, 2.05) is 0 Å². The Morgan fingerprint density at radius 1 is 0.760 bits per heavy atom. The number of rotatable bonds is 6. The van der Waals surface area contributed by atoms with Crippen molar-refractivity contribution in [3.8, 4) is 0 Å². The third-order valence-electron chi connectivity index (χ3n) is 5.82. The third-order valence-corrected chi connectivity index (χ3v) is 5.82. The van der Waals surface area contributed by atoms with Crippen LogP contribution in [0.1, 0.15) is 80.5 Å². The largest absolute Gasteiger partial charge is 0.0651 e. The maximum absolute atomic E-state index is 2.35. The second-order valence-corrected chi connectivity index (χ2v) is 7.62. The van der Waals surface area contributed by atoms with Crippen LogP contribution in [0, 0.1) is 5.92 Å². The summed E-state index contributed by atoms with van der Waals surface area (Å²) >= 11 is 0. The molecule has 0 atom stereocenters. The zero-order chi connectivity index (χ0) is 17.5. The van der Waals surface area contributed by atoms with Gasteiger partial charge in [-0.2, -0.15) is 0 Å². The van der Waals surface area contributed by atoms with Crippen LogP contribution in [0.25, 0.3) is 12.2 Å². The summed E-state index contributed by atoms with van der Waals surface area (Å²) in [6.45, 7) is 4.57. The summed E-state index contributed by atoms with van der Waals surface area (Å²) < 4.78 is 0. The van der Waals surface area contributed by atoms with Crippen molar-refractivity contribution in [1.82, 2.24) is 0 Å². The van der Waals surface area contributed by atoms with Crippen molar-refractivity contribution >= 4 is 12.2 Å². The van der Waals surface area contributed by atoms with Gasteiger partial charge in [0.2, 0.25) is 0 Å². The second-order valence-electron chi connectivity index (χ2n) is 7.62. The van der Waals surface area contributed by atoms with E-state index in [2.05, 4.69) is 74.5 Å². The van der Waals surface area contributed by atoms with E-state index >= 15 is 0 Å². The van der Waals surface area contributed by atoms with E-state index in [4.69, 9.17) is 0 Å². The summed E-state index contributed by atoms with van der Waals surface area (Å²) in [5.74, 6) is 1.76. The molecule has 0 heteroatoms. The van der Waals surface area contributed by atoms with E-state index in [0.717, 1.165) is 11.8 Å². The molecule has 25 heavy (non-hydrogen) atoms. The Morgan fingerprint density at radius 3 is 1.84 bits per heavy atom. The molecule has 0 aromatic heterocycles. The second kappa shape index (κ2) is 9.04. The van der Waals surface area contributed by atoms with Gasteiger partial charge in [0.1, 0.15) is 0 Å². The Morgan fingerprint density at radius 2 is 1.32 bits per heavy atom. The molecule has 0 amide bonds. The first-order chi connectivity index (χ1) is 12.3. The summed E-state index contributed by atoms with van der Waals surface area (Å²) in [4.78, 5) is 0. The number of hydrogen-bond donors (Lipinski definition) is 0. The summed E-state index contributed by atoms with van der Waals surface area (Å²) in [6.07, 6.45) is 13.8. The van der Waals surface area contributed by atoms with Crippen LogP contribution in [-0.2, 0) is 6.42 Å². The van der Waals surface area contributed by atoms with Gasteiger partial charge >= 0.3 is 0 Å². The average molecular weight is 333 g/mol. The monoisotopic (exact) mass is 332 g/mol. The smallest absolute Gasteiger partial charge is 0.0162 e. The summed E-state index contributed by atoms with van der Waals surface area (Å²) in [6, 6.07) is 18.2. The fourth-order valence-corrected chi connectivity index (χ4v) is 4.06. The Hall–Kier alpha value is -1.82. The molecule has 0 N–H and O–H groups in total. The van der Waals surface area contributed by atoms with Crippen molar-refractivity contribution in [2.75, 3.05) is 0 Å². The average Bonchev–Trinajstić information content (AvgIpc) is 2.68. The molecule has 3 rings (SSSR count). The lowest BCUT2D eigenvalue weighted by molar-refractivity contribution is 0.319. The van der Waals surface area contributed by atoms with Crippen LogP contribution in [-0.4, -0.2) is 0 Å². The van der Waals surface area contributed by atoms with Crippen LogP contribution in [0.15, 0.2) is 48.5 Å². The van der Waals surface area contributed by atoms with Gasteiger partial charge in [-0.15, -0.1) is 0 Å². The van der Waals surface area contributed by atoms with Crippen LogP contribution in [0.5, 0.6) is 0 Å². The van der Waals surface area contributed by atoms with Gasteiger partial charge in [-0.3, -0.25) is 0 Å². The zero-order valence-electron chi connectivity index (χ0n) is 15.9. The lowest BCUT2D eigenvalue weighted by Gasteiger charge is -2.28. The Labute approximate surface area is 154 Å². The van der Waals surface area contributed by atoms with Gasteiger partial charge in [0.05, 0.1) is 0 Å². The maximum atomic E-state index is 2.35. The van der Waals surface area contributed by atoms with Crippen molar-refractivity contribution in [3.05, 3.63) is 70.8 Å². The lowest BCUT2D eigenvalue weighted by atomic mass is 9.78. The number of aryl methyl sites for hydroxylation is 1. The predicted molar refractivity (Wildman–Crippen MR) is 111 cm³/mol. The predicted octanol–water partition coefficient (Wildman–Crippen LogP) is 7.49. The van der Waals surface area contributed by atoms with Gasteiger partial charge in [-0.1, -0.05) is 87.4 Å². The Balaban J connectivity index is 1.58. The van der Waals surface area contributed by atoms with Gasteiger partial charge < -0.3 is 0 Å². The molecule has 1 saturated carbocycles. The molecule has 0 unspecified atom stereocenters. The standard InChI is InChI=1S/C25H32/c1-3-5-21-6-8-22(9-7-21)10-11-23-14-18-25(19-15-23)24-16-12-20(4-2)13-17-24/h6-11,14-15,18-20,24H,3-5,12-13,16-17H2,1-2H3/b11-10+. The molecular weight excluding hydrogens is 300 g/mol. The normalized spacial score (nSPS) is 20.9. The molecule has 0 spiro atoms. The number of hydrogen-bond acceptors (Lipinski definition) is 0. The van der Waals surface area contributed by atoms with E-state index in [0.29, 0.717) is 0 Å². The minimum atomic E-state index is 0.784. The van der Waals surface area contributed by atoms with Crippen molar-refractivity contribution in [1.29, 1.82) is 0 Å². The van der Waals surface area contributed by atoms with Crippen LogP contribution in [0.2, 0.25) is 0 Å². The molecule has 2 aromatic carbocycles. The molecule has 0 saturated heterocycles. The molecule has 1 aliphatic carbocycles. The number of benzene rings is 2. The molecule has 0 heterocycles. The first kappa shape index (κ1) is 18.0. The van der Waals surface area contributed by atoms with Crippen LogP contribution in [0.4, 0.5) is 0 Å². The Kier molecular flexibility index (Phi) is 6.50. The Bertz CT molecular complexity index is 652. The van der Waals surface area contributed by atoms with Gasteiger partial charge in [0, 0.05) is 0 Å². The van der Waals surface area contributed by atoms with Gasteiger partial charge in [-0.05, 0) is 66.2 Å². The minimum Gasteiger partial charge on any atom is -0.0651 e. The van der Waals surface area contributed by atoms with Crippen molar-refractivity contribution < 1.29 is 0 Å². The van der Waals surface area contributed by atoms with E-state index in [1.165, 1.54) is 67.2 Å². The van der Waals surface area contributed by atoms with Gasteiger partial charge in [0.15, 0.2) is 0 Å². The SMILES string of the molecule is CCCc1ccc(/C=C/c2ccc(C3CCC(CC)CC3)cc2)cc1. The maximum Gasteiger partial charge on any atom is -0.0162 e. The molecule has 0 aliphatic heterocycles. The van der Waals surface area contributed by atoms with Crippen LogP contribution >= 0.6 is 0 Å². The van der Waals surface area contributed by atoms with Crippen molar-refractivity contribution in [3.63, 3.8) is 0 Å². The molecule has 0 bridgehead atoms. The van der Waals surface area contributed by atoms with Gasteiger partial charge in [0.25, 0.3) is 0 Å². The molecule has 0 radical (unpaired) electrons. The highest BCUT2D eigenvalue weighted by Crippen LogP contribution is 2.36. The topological polar surface area (TPSA) is 0 Å². The van der Waals surface area contributed by atoms with Crippen molar-refractivity contribution in [2.45, 2.75) is 64.7 Å². The van der Waals surface area contributed by atoms with E-state index in [9.17, 15) is 0 Å². The molecule has 0 nitrogen and oxygen atoms in total. The van der Waals surface area contributed by atoms with E-state index in [1.54, 1.807) is 0 Å². The first-order valence-electron chi connectivity index (χ1n) is 10.2. The van der Waals surface area contributed by atoms with Gasteiger partial charge in [-0.25, -0.2) is 0 Å². The fourth-order valence-electron chi connectivity index (χ4n) is 4.06. The minimum absolute atomic E-state index is 0.784. The summed E-state index contributed by atoms with van der Waals surface area (Å²) in [5.41, 5.74) is 5.54. The molecule has 132 valence electrons. The molecular formula is C25H32. The highest BCUT2D eigenvalue weighted by Gasteiger charge is 2.20. The molecule has 1 fully saturated rings. The van der Waals surface area contributed by atoms with Crippen LogP contribution in [0.3, 0.4) is 0 Å². The highest BCUT2D eigenvalue weighted by atomic mass is 14.3. The highest BCUT2D eigenvalue weighted by molar-refractivity contribution is 5.69. The molecule has 2 aromatic rings. The quantitative estimate of drug-likeness (QED) is 0.481. The molecule has 1 aliphatic rings.